The minimum absolute atomic E-state index is 0.0265. The summed E-state index contributed by atoms with van der Waals surface area (Å²) in [5.41, 5.74) is 1.89. The van der Waals surface area contributed by atoms with Crippen LogP contribution < -0.4 is 4.74 Å². The third-order valence-electron chi connectivity index (χ3n) is 5.74. The number of piperidine rings is 1. The zero-order valence-electron chi connectivity index (χ0n) is 16.5. The molecule has 4 rings (SSSR count). The number of benzene rings is 1. The molecule has 0 radical (unpaired) electrons. The molecule has 2 aromatic rings. The van der Waals surface area contributed by atoms with E-state index in [1.807, 2.05) is 36.4 Å². The van der Waals surface area contributed by atoms with Crippen LogP contribution in [0.4, 0.5) is 0 Å². The van der Waals surface area contributed by atoms with Crippen molar-refractivity contribution in [3.05, 3.63) is 54.0 Å². The summed E-state index contributed by atoms with van der Waals surface area (Å²) >= 11 is 0. The Morgan fingerprint density at radius 3 is 2.75 bits per heavy atom. The third-order valence-corrected chi connectivity index (χ3v) is 5.74. The standard InChI is InChI=1S/C22H27N3O3/c1-16-6-3-4-12-24(16)15-22(26)25-20(21-7-5-13-28-21)14-19(23-25)17-8-10-18(27-2)11-9-17/h5,7-11,13,16,20H,3-4,6,12,14-15H2,1-2H3/t16-,20+/m1/s1. The Morgan fingerprint density at radius 1 is 1.25 bits per heavy atom. The number of likely N-dealkylation sites (tertiary alicyclic amines) is 1. The fourth-order valence-corrected chi connectivity index (χ4v) is 4.04. The molecule has 2 aliphatic rings. The van der Waals surface area contributed by atoms with Crippen LogP contribution in [0.3, 0.4) is 0 Å². The van der Waals surface area contributed by atoms with Crippen molar-refractivity contribution in [1.29, 1.82) is 0 Å². The predicted molar refractivity (Wildman–Crippen MR) is 107 cm³/mol. The van der Waals surface area contributed by atoms with Crippen LogP contribution in [0.5, 0.6) is 5.75 Å². The summed E-state index contributed by atoms with van der Waals surface area (Å²) in [5, 5.41) is 6.34. The molecule has 3 heterocycles. The Bertz CT molecular complexity index is 829. The summed E-state index contributed by atoms with van der Waals surface area (Å²) in [4.78, 5) is 15.4. The molecular formula is C22H27N3O3. The van der Waals surface area contributed by atoms with Crippen molar-refractivity contribution < 1.29 is 13.9 Å². The van der Waals surface area contributed by atoms with Crippen LogP contribution in [0, 0.1) is 0 Å². The van der Waals surface area contributed by atoms with Gasteiger partial charge in [0.25, 0.3) is 5.91 Å². The van der Waals surface area contributed by atoms with Gasteiger partial charge in [0.1, 0.15) is 17.6 Å². The Labute approximate surface area is 165 Å². The summed E-state index contributed by atoms with van der Waals surface area (Å²) in [6, 6.07) is 11.8. The molecule has 0 saturated carbocycles. The lowest BCUT2D eigenvalue weighted by atomic mass is 10.0. The predicted octanol–water partition coefficient (Wildman–Crippen LogP) is 3.84. The van der Waals surface area contributed by atoms with Crippen LogP contribution in [0.2, 0.25) is 0 Å². The summed E-state index contributed by atoms with van der Waals surface area (Å²) in [6.45, 7) is 3.57. The van der Waals surface area contributed by atoms with Crippen molar-refractivity contribution in [2.24, 2.45) is 5.10 Å². The Hall–Kier alpha value is -2.60. The van der Waals surface area contributed by atoms with Crippen molar-refractivity contribution in [3.63, 3.8) is 0 Å². The molecule has 6 heteroatoms. The van der Waals surface area contributed by atoms with Gasteiger partial charge in [-0.2, -0.15) is 5.10 Å². The van der Waals surface area contributed by atoms with Crippen molar-refractivity contribution in [1.82, 2.24) is 9.91 Å². The molecule has 1 amide bonds. The highest BCUT2D eigenvalue weighted by molar-refractivity contribution is 6.03. The topological polar surface area (TPSA) is 58.3 Å². The van der Waals surface area contributed by atoms with Crippen molar-refractivity contribution in [2.45, 2.75) is 44.7 Å². The number of hydrogen-bond donors (Lipinski definition) is 0. The first kappa shape index (κ1) is 18.7. The van der Waals surface area contributed by atoms with E-state index in [1.165, 1.54) is 6.42 Å². The van der Waals surface area contributed by atoms with Gasteiger partial charge in [-0.3, -0.25) is 9.69 Å². The fraction of sp³-hybridized carbons (Fsp3) is 0.455. The molecule has 2 aliphatic heterocycles. The van der Waals surface area contributed by atoms with Crippen LogP contribution >= 0.6 is 0 Å². The van der Waals surface area contributed by atoms with Crippen molar-refractivity contribution in [3.8, 4) is 5.75 Å². The first-order chi connectivity index (χ1) is 13.7. The molecule has 28 heavy (non-hydrogen) atoms. The van der Waals surface area contributed by atoms with Gasteiger partial charge in [0, 0.05) is 12.5 Å². The van der Waals surface area contributed by atoms with Gasteiger partial charge >= 0.3 is 0 Å². The number of hydrazone groups is 1. The zero-order chi connectivity index (χ0) is 19.5. The normalized spacial score (nSPS) is 22.9. The molecule has 1 fully saturated rings. The van der Waals surface area contributed by atoms with E-state index in [4.69, 9.17) is 14.3 Å². The van der Waals surface area contributed by atoms with Crippen LogP contribution in [-0.4, -0.2) is 47.8 Å². The largest absolute Gasteiger partial charge is 0.497 e. The zero-order valence-corrected chi connectivity index (χ0v) is 16.5. The Kier molecular flexibility index (Phi) is 5.48. The van der Waals surface area contributed by atoms with Crippen LogP contribution in [0.1, 0.15) is 50.0 Å². The van der Waals surface area contributed by atoms with Crippen LogP contribution in [0.25, 0.3) is 0 Å². The van der Waals surface area contributed by atoms with E-state index in [-0.39, 0.29) is 11.9 Å². The number of furan rings is 1. The Morgan fingerprint density at radius 2 is 2.07 bits per heavy atom. The molecule has 6 nitrogen and oxygen atoms in total. The monoisotopic (exact) mass is 381 g/mol. The SMILES string of the molecule is COc1ccc(C2=NN(C(=O)CN3CCCC[C@H]3C)[C@H](c3ccco3)C2)cc1. The minimum Gasteiger partial charge on any atom is -0.497 e. The van der Waals surface area contributed by atoms with E-state index in [9.17, 15) is 4.79 Å². The molecule has 1 aromatic heterocycles. The van der Waals surface area contributed by atoms with Gasteiger partial charge in [0.05, 0.1) is 25.6 Å². The maximum absolute atomic E-state index is 13.2. The molecule has 0 bridgehead atoms. The van der Waals surface area contributed by atoms with Crippen LogP contribution in [-0.2, 0) is 4.79 Å². The van der Waals surface area contributed by atoms with Crippen molar-refractivity contribution in [2.75, 3.05) is 20.2 Å². The molecule has 2 atom stereocenters. The van der Waals surface area contributed by atoms with E-state index in [2.05, 4.69) is 11.8 Å². The summed E-state index contributed by atoms with van der Waals surface area (Å²) in [5.74, 6) is 1.60. The lowest BCUT2D eigenvalue weighted by Crippen LogP contribution is -2.44. The highest BCUT2D eigenvalue weighted by Gasteiger charge is 2.36. The van der Waals surface area contributed by atoms with Crippen molar-refractivity contribution >= 4 is 11.6 Å². The first-order valence-corrected chi connectivity index (χ1v) is 9.97. The maximum Gasteiger partial charge on any atom is 0.257 e. The molecule has 0 unspecified atom stereocenters. The van der Waals surface area contributed by atoms with Gasteiger partial charge in [-0.05, 0) is 68.3 Å². The number of rotatable bonds is 5. The van der Waals surface area contributed by atoms with E-state index < -0.39 is 0 Å². The number of ether oxygens (including phenoxy) is 1. The number of hydrogen-bond acceptors (Lipinski definition) is 5. The lowest BCUT2D eigenvalue weighted by Gasteiger charge is -2.33. The second kappa shape index (κ2) is 8.19. The number of carbonyl (C=O) groups excluding carboxylic acids is 1. The number of nitrogens with zero attached hydrogens (tertiary/aromatic N) is 3. The summed E-state index contributed by atoms with van der Waals surface area (Å²) in [6.07, 6.45) is 5.83. The average Bonchev–Trinajstić information content (AvgIpc) is 3.39. The van der Waals surface area contributed by atoms with Gasteiger partial charge in [-0.25, -0.2) is 5.01 Å². The van der Waals surface area contributed by atoms with Gasteiger partial charge < -0.3 is 9.15 Å². The fourth-order valence-electron chi connectivity index (χ4n) is 4.04. The quantitative estimate of drug-likeness (QED) is 0.790. The summed E-state index contributed by atoms with van der Waals surface area (Å²) in [7, 11) is 1.65. The van der Waals surface area contributed by atoms with E-state index >= 15 is 0 Å². The third kappa shape index (κ3) is 3.83. The Balaban J connectivity index is 1.56. The summed E-state index contributed by atoms with van der Waals surface area (Å²) < 4.78 is 10.9. The first-order valence-electron chi connectivity index (χ1n) is 9.97. The second-order valence-corrected chi connectivity index (χ2v) is 7.56. The second-order valence-electron chi connectivity index (χ2n) is 7.56. The molecule has 0 aliphatic carbocycles. The molecule has 1 aromatic carbocycles. The molecule has 1 saturated heterocycles. The van der Waals surface area contributed by atoms with E-state index in [0.29, 0.717) is 19.0 Å². The highest BCUT2D eigenvalue weighted by Crippen LogP contribution is 2.33. The number of amides is 1. The smallest absolute Gasteiger partial charge is 0.257 e. The van der Waals surface area contributed by atoms with Gasteiger partial charge in [-0.1, -0.05) is 6.42 Å². The number of methoxy groups -OCH3 is 1. The lowest BCUT2D eigenvalue weighted by molar-refractivity contribution is -0.135. The number of carbonyl (C=O) groups is 1. The van der Waals surface area contributed by atoms with Gasteiger partial charge in [-0.15, -0.1) is 0 Å². The molecular weight excluding hydrogens is 354 g/mol. The highest BCUT2D eigenvalue weighted by atomic mass is 16.5. The van der Waals surface area contributed by atoms with Gasteiger partial charge in [0.15, 0.2) is 0 Å². The maximum atomic E-state index is 13.2. The average molecular weight is 381 g/mol. The minimum atomic E-state index is -0.195. The molecule has 0 spiro atoms. The molecule has 148 valence electrons. The van der Waals surface area contributed by atoms with E-state index in [1.54, 1.807) is 18.4 Å². The van der Waals surface area contributed by atoms with Gasteiger partial charge in [0.2, 0.25) is 0 Å². The molecule has 0 N–H and O–H groups in total. The van der Waals surface area contributed by atoms with Crippen LogP contribution in [0.15, 0.2) is 52.2 Å². The van der Waals surface area contributed by atoms with E-state index in [0.717, 1.165) is 42.2 Å².